The summed E-state index contributed by atoms with van der Waals surface area (Å²) in [5.41, 5.74) is 2.07. The number of nitrogens with zero attached hydrogens (tertiary/aromatic N) is 5. The van der Waals surface area contributed by atoms with Gasteiger partial charge >= 0.3 is 0 Å². The molecule has 1 aliphatic heterocycles. The molecule has 1 N–H and O–H groups in total. The number of carbonyl (C=O) groups is 1. The summed E-state index contributed by atoms with van der Waals surface area (Å²) in [6.45, 7) is 2.96. The van der Waals surface area contributed by atoms with Crippen molar-refractivity contribution >= 4 is 11.9 Å². The minimum atomic E-state index is 0.260. The SMILES string of the molecule is O=C(C1CCC1)N1CCCn2nc(CNc3ncccn3)cc2C1. The molecule has 24 heavy (non-hydrogen) atoms. The molecule has 0 saturated heterocycles. The first-order valence-electron chi connectivity index (χ1n) is 8.65. The van der Waals surface area contributed by atoms with Crippen LogP contribution in [0.1, 0.15) is 37.1 Å². The zero-order valence-electron chi connectivity index (χ0n) is 13.7. The third kappa shape index (κ3) is 3.11. The predicted molar refractivity (Wildman–Crippen MR) is 89.0 cm³/mol. The molecule has 0 spiro atoms. The van der Waals surface area contributed by atoms with Gasteiger partial charge in [-0.05, 0) is 31.4 Å². The summed E-state index contributed by atoms with van der Waals surface area (Å²) >= 11 is 0. The maximum Gasteiger partial charge on any atom is 0.226 e. The van der Waals surface area contributed by atoms with Crippen LogP contribution >= 0.6 is 0 Å². The minimum absolute atomic E-state index is 0.260. The van der Waals surface area contributed by atoms with E-state index in [1.54, 1.807) is 18.5 Å². The highest BCUT2D eigenvalue weighted by molar-refractivity contribution is 5.79. The van der Waals surface area contributed by atoms with E-state index >= 15 is 0 Å². The Morgan fingerprint density at radius 3 is 2.79 bits per heavy atom. The van der Waals surface area contributed by atoms with Crippen LogP contribution in [0.2, 0.25) is 0 Å². The number of rotatable bonds is 4. The van der Waals surface area contributed by atoms with Gasteiger partial charge in [-0.15, -0.1) is 0 Å². The van der Waals surface area contributed by atoms with Crippen molar-refractivity contribution in [2.75, 3.05) is 11.9 Å². The van der Waals surface area contributed by atoms with Crippen LogP contribution in [0, 0.1) is 5.92 Å². The molecule has 1 fully saturated rings. The first-order valence-corrected chi connectivity index (χ1v) is 8.65. The molecule has 2 aromatic rings. The number of anilines is 1. The molecule has 1 amide bonds. The summed E-state index contributed by atoms with van der Waals surface area (Å²) in [5, 5.41) is 7.84. The van der Waals surface area contributed by atoms with Crippen LogP contribution in [0.5, 0.6) is 0 Å². The molecule has 2 aliphatic rings. The molecule has 2 aromatic heterocycles. The lowest BCUT2D eigenvalue weighted by Crippen LogP contribution is -2.38. The van der Waals surface area contributed by atoms with Crippen molar-refractivity contribution in [3.63, 3.8) is 0 Å². The summed E-state index contributed by atoms with van der Waals surface area (Å²) in [6.07, 6.45) is 7.69. The van der Waals surface area contributed by atoms with E-state index in [1.807, 2.05) is 9.58 Å². The van der Waals surface area contributed by atoms with E-state index in [-0.39, 0.29) is 5.92 Å². The van der Waals surface area contributed by atoms with Gasteiger partial charge in [0.15, 0.2) is 0 Å². The topological polar surface area (TPSA) is 75.9 Å². The zero-order valence-corrected chi connectivity index (χ0v) is 13.7. The molecule has 0 radical (unpaired) electrons. The lowest BCUT2D eigenvalue weighted by atomic mass is 9.84. The van der Waals surface area contributed by atoms with E-state index in [2.05, 4.69) is 26.4 Å². The van der Waals surface area contributed by atoms with E-state index < -0.39 is 0 Å². The van der Waals surface area contributed by atoms with Gasteiger partial charge < -0.3 is 10.2 Å². The second-order valence-electron chi connectivity index (χ2n) is 6.52. The quantitative estimate of drug-likeness (QED) is 0.927. The van der Waals surface area contributed by atoms with E-state index in [4.69, 9.17) is 0 Å². The molecule has 1 saturated carbocycles. The number of aromatic nitrogens is 4. The molecular weight excluding hydrogens is 304 g/mol. The molecule has 0 atom stereocenters. The van der Waals surface area contributed by atoms with Crippen LogP contribution in [0.15, 0.2) is 24.5 Å². The van der Waals surface area contributed by atoms with Crippen LogP contribution in [-0.2, 0) is 24.4 Å². The van der Waals surface area contributed by atoms with Crippen molar-refractivity contribution in [3.05, 3.63) is 35.9 Å². The smallest absolute Gasteiger partial charge is 0.226 e. The third-order valence-corrected chi connectivity index (χ3v) is 4.82. The largest absolute Gasteiger partial charge is 0.348 e. The first kappa shape index (κ1) is 15.1. The lowest BCUT2D eigenvalue weighted by molar-refractivity contribution is -0.138. The Bertz CT molecular complexity index is 709. The Balaban J connectivity index is 1.42. The highest BCUT2D eigenvalue weighted by Crippen LogP contribution is 2.29. The van der Waals surface area contributed by atoms with Gasteiger partial charge in [-0.1, -0.05) is 6.42 Å². The summed E-state index contributed by atoms with van der Waals surface area (Å²) in [5.74, 6) is 1.19. The predicted octanol–water partition coefficient (Wildman–Crippen LogP) is 1.82. The van der Waals surface area contributed by atoms with Gasteiger partial charge in [0, 0.05) is 31.4 Å². The highest BCUT2D eigenvalue weighted by Gasteiger charge is 2.30. The Morgan fingerprint density at radius 1 is 1.21 bits per heavy atom. The summed E-state index contributed by atoms with van der Waals surface area (Å²) in [4.78, 5) is 22.8. The Morgan fingerprint density at radius 2 is 2.04 bits per heavy atom. The fourth-order valence-electron chi connectivity index (χ4n) is 3.27. The molecule has 7 heteroatoms. The first-order chi connectivity index (χ1) is 11.8. The summed E-state index contributed by atoms with van der Waals surface area (Å²) < 4.78 is 2.04. The molecule has 4 rings (SSSR count). The molecule has 126 valence electrons. The van der Waals surface area contributed by atoms with Gasteiger partial charge in [0.1, 0.15) is 0 Å². The molecule has 0 unspecified atom stereocenters. The van der Waals surface area contributed by atoms with Crippen molar-refractivity contribution in [2.45, 2.75) is 45.3 Å². The maximum atomic E-state index is 12.5. The van der Waals surface area contributed by atoms with Crippen molar-refractivity contribution in [1.82, 2.24) is 24.6 Å². The second-order valence-corrected chi connectivity index (χ2v) is 6.52. The average molecular weight is 326 g/mol. The number of aryl methyl sites for hydroxylation is 1. The number of amides is 1. The van der Waals surface area contributed by atoms with Crippen LogP contribution in [0.4, 0.5) is 5.95 Å². The number of hydrogen-bond acceptors (Lipinski definition) is 5. The summed E-state index contributed by atoms with van der Waals surface area (Å²) in [7, 11) is 0. The lowest BCUT2D eigenvalue weighted by Gasteiger charge is -2.30. The Kier molecular flexibility index (Phi) is 4.15. The van der Waals surface area contributed by atoms with Gasteiger partial charge in [0.25, 0.3) is 0 Å². The molecular formula is C17H22N6O. The molecule has 0 bridgehead atoms. The van der Waals surface area contributed by atoms with E-state index in [0.29, 0.717) is 24.9 Å². The monoisotopic (exact) mass is 326 g/mol. The normalized spacial score (nSPS) is 17.8. The Hall–Kier alpha value is -2.44. The van der Waals surface area contributed by atoms with Crippen LogP contribution in [0.3, 0.4) is 0 Å². The van der Waals surface area contributed by atoms with Gasteiger partial charge in [-0.2, -0.15) is 5.10 Å². The average Bonchev–Trinajstić information content (AvgIpc) is 2.82. The fourth-order valence-corrected chi connectivity index (χ4v) is 3.27. The number of nitrogens with one attached hydrogen (secondary N) is 1. The van der Waals surface area contributed by atoms with Crippen molar-refractivity contribution in [2.24, 2.45) is 5.92 Å². The van der Waals surface area contributed by atoms with Gasteiger partial charge in [0.05, 0.1) is 24.5 Å². The molecule has 3 heterocycles. The van der Waals surface area contributed by atoms with Gasteiger partial charge in [-0.25, -0.2) is 9.97 Å². The van der Waals surface area contributed by atoms with E-state index in [1.165, 1.54) is 6.42 Å². The zero-order chi connectivity index (χ0) is 16.4. The fraction of sp³-hybridized carbons (Fsp3) is 0.529. The maximum absolute atomic E-state index is 12.5. The standard InChI is InChI=1S/C17H22N6O/c24-16(13-4-1-5-13)22-8-3-9-23-15(12-22)10-14(21-23)11-20-17-18-6-2-7-19-17/h2,6-7,10,13H,1,3-5,8-9,11-12H2,(H,18,19,20). The Labute approximate surface area is 141 Å². The molecule has 1 aliphatic carbocycles. The number of fused-ring (bicyclic) bond motifs is 1. The van der Waals surface area contributed by atoms with Crippen molar-refractivity contribution < 1.29 is 4.79 Å². The van der Waals surface area contributed by atoms with Gasteiger partial charge in [-0.3, -0.25) is 9.48 Å². The van der Waals surface area contributed by atoms with Crippen molar-refractivity contribution in [3.8, 4) is 0 Å². The number of carbonyl (C=O) groups excluding carboxylic acids is 1. The van der Waals surface area contributed by atoms with E-state index in [0.717, 1.165) is 43.7 Å². The van der Waals surface area contributed by atoms with Crippen LogP contribution < -0.4 is 5.32 Å². The van der Waals surface area contributed by atoms with E-state index in [9.17, 15) is 4.79 Å². The highest BCUT2D eigenvalue weighted by atomic mass is 16.2. The minimum Gasteiger partial charge on any atom is -0.348 e. The summed E-state index contributed by atoms with van der Waals surface area (Å²) in [6, 6.07) is 3.88. The van der Waals surface area contributed by atoms with Crippen LogP contribution in [0.25, 0.3) is 0 Å². The van der Waals surface area contributed by atoms with Crippen LogP contribution in [-0.4, -0.2) is 37.1 Å². The third-order valence-electron chi connectivity index (χ3n) is 4.82. The molecule has 0 aromatic carbocycles. The second kappa shape index (κ2) is 6.59. The van der Waals surface area contributed by atoms with Gasteiger partial charge in [0.2, 0.25) is 11.9 Å². The van der Waals surface area contributed by atoms with Crippen molar-refractivity contribution in [1.29, 1.82) is 0 Å². The molecule has 7 nitrogen and oxygen atoms in total. The number of hydrogen-bond donors (Lipinski definition) is 1.